The Labute approximate surface area is 143 Å². The van der Waals surface area contributed by atoms with Gasteiger partial charge in [-0.2, -0.15) is 0 Å². The molecule has 124 valence electrons. The van der Waals surface area contributed by atoms with E-state index in [2.05, 4.69) is 15.0 Å². The molecule has 1 heterocycles. The molecular formula is C18H17ClN2O3. The van der Waals surface area contributed by atoms with Crippen LogP contribution in [-0.2, 0) is 14.3 Å². The molecule has 5 nitrogen and oxygen atoms in total. The van der Waals surface area contributed by atoms with Gasteiger partial charge in [0.15, 0.2) is 0 Å². The third-order valence-electron chi connectivity index (χ3n) is 4.11. The van der Waals surface area contributed by atoms with Crippen LogP contribution in [0.25, 0.3) is 21.8 Å². The van der Waals surface area contributed by atoms with Crippen LogP contribution in [0.1, 0.15) is 18.4 Å². The van der Waals surface area contributed by atoms with Gasteiger partial charge in [-0.25, -0.2) is 0 Å². The van der Waals surface area contributed by atoms with Crippen molar-refractivity contribution in [3.8, 4) is 0 Å². The van der Waals surface area contributed by atoms with Crippen LogP contribution < -0.4 is 5.32 Å². The van der Waals surface area contributed by atoms with Gasteiger partial charge in [-0.15, -0.1) is 0 Å². The molecular weight excluding hydrogens is 328 g/mol. The van der Waals surface area contributed by atoms with Crippen LogP contribution in [-0.4, -0.2) is 30.5 Å². The Balaban J connectivity index is 1.88. The molecule has 2 aromatic carbocycles. The largest absolute Gasteiger partial charge is 0.468 e. The van der Waals surface area contributed by atoms with Crippen LogP contribution >= 0.6 is 11.6 Å². The molecule has 0 saturated carbocycles. The zero-order valence-electron chi connectivity index (χ0n) is 13.4. The van der Waals surface area contributed by atoms with Crippen molar-refractivity contribution in [1.29, 1.82) is 0 Å². The average Bonchev–Trinajstić information content (AvgIpc) is 2.95. The van der Waals surface area contributed by atoms with Crippen LogP contribution in [0, 0.1) is 0 Å². The van der Waals surface area contributed by atoms with Gasteiger partial charge in [0, 0.05) is 26.8 Å². The Morgan fingerprint density at radius 2 is 1.96 bits per heavy atom. The minimum absolute atomic E-state index is 0.132. The van der Waals surface area contributed by atoms with Gasteiger partial charge in [0.05, 0.1) is 13.0 Å². The van der Waals surface area contributed by atoms with Gasteiger partial charge in [0.1, 0.15) is 6.54 Å². The Morgan fingerprint density at radius 1 is 1.17 bits per heavy atom. The number of methoxy groups -OCH3 is 1. The maximum atomic E-state index is 12.2. The van der Waals surface area contributed by atoms with Crippen molar-refractivity contribution >= 4 is 45.3 Å². The van der Waals surface area contributed by atoms with E-state index >= 15 is 0 Å². The summed E-state index contributed by atoms with van der Waals surface area (Å²) in [5.74, 6) is -1.08. The molecule has 0 bridgehead atoms. The standard InChI is InChI=1S/C18H17ClN2O3/c1-10(18(23)20-9-17(22)24-2)11-3-5-13-14-8-12(19)4-6-15(14)21-16(13)7-11/h3-8,10,21H,9H2,1-2H3,(H,20,23)/t10-/m1/s1. The first-order valence-electron chi connectivity index (χ1n) is 7.55. The monoisotopic (exact) mass is 344 g/mol. The maximum absolute atomic E-state index is 12.2. The number of rotatable bonds is 4. The molecule has 3 rings (SSSR count). The molecule has 0 saturated heterocycles. The van der Waals surface area contributed by atoms with Crippen LogP contribution in [0.3, 0.4) is 0 Å². The van der Waals surface area contributed by atoms with E-state index in [0.29, 0.717) is 5.02 Å². The highest BCUT2D eigenvalue weighted by molar-refractivity contribution is 6.31. The van der Waals surface area contributed by atoms with Crippen molar-refractivity contribution < 1.29 is 14.3 Å². The summed E-state index contributed by atoms with van der Waals surface area (Å²) in [5, 5.41) is 5.36. The van der Waals surface area contributed by atoms with Crippen LogP contribution in [0.5, 0.6) is 0 Å². The van der Waals surface area contributed by atoms with E-state index < -0.39 is 5.97 Å². The number of fused-ring (bicyclic) bond motifs is 3. The number of carbonyl (C=O) groups is 2. The fourth-order valence-corrected chi connectivity index (χ4v) is 2.87. The number of carbonyl (C=O) groups excluding carboxylic acids is 2. The molecule has 3 aromatic rings. The lowest BCUT2D eigenvalue weighted by Gasteiger charge is -2.12. The number of hydrogen-bond acceptors (Lipinski definition) is 3. The molecule has 2 N–H and O–H groups in total. The van der Waals surface area contributed by atoms with Gasteiger partial charge < -0.3 is 15.0 Å². The summed E-state index contributed by atoms with van der Waals surface area (Å²) in [6.07, 6.45) is 0. The summed E-state index contributed by atoms with van der Waals surface area (Å²) in [6.45, 7) is 1.67. The molecule has 0 aliphatic carbocycles. The molecule has 0 fully saturated rings. The summed E-state index contributed by atoms with van der Waals surface area (Å²) in [7, 11) is 1.29. The molecule has 6 heteroatoms. The number of halogens is 1. The van der Waals surface area contributed by atoms with Crippen molar-refractivity contribution in [3.63, 3.8) is 0 Å². The lowest BCUT2D eigenvalue weighted by atomic mass is 9.98. The minimum atomic E-state index is -0.474. The smallest absolute Gasteiger partial charge is 0.325 e. The molecule has 24 heavy (non-hydrogen) atoms. The van der Waals surface area contributed by atoms with Gasteiger partial charge in [0.25, 0.3) is 0 Å². The third-order valence-corrected chi connectivity index (χ3v) is 4.35. The Bertz CT molecular complexity index is 933. The molecule has 0 aliphatic heterocycles. The van der Waals surface area contributed by atoms with Gasteiger partial charge in [0.2, 0.25) is 5.91 Å². The lowest BCUT2D eigenvalue weighted by Crippen LogP contribution is -2.33. The number of amides is 1. The molecule has 1 atom stereocenters. The predicted molar refractivity (Wildman–Crippen MR) is 94.3 cm³/mol. The fraction of sp³-hybridized carbons (Fsp3) is 0.222. The van der Waals surface area contributed by atoms with Crippen LogP contribution in [0.4, 0.5) is 0 Å². The van der Waals surface area contributed by atoms with Crippen LogP contribution in [0.2, 0.25) is 5.02 Å². The predicted octanol–water partition coefficient (Wildman–Crippen LogP) is 3.37. The van der Waals surface area contributed by atoms with E-state index in [0.717, 1.165) is 27.4 Å². The van der Waals surface area contributed by atoms with Crippen molar-refractivity contribution in [2.45, 2.75) is 12.8 Å². The minimum Gasteiger partial charge on any atom is -0.468 e. The topological polar surface area (TPSA) is 71.2 Å². The first kappa shape index (κ1) is 16.3. The molecule has 0 unspecified atom stereocenters. The van der Waals surface area contributed by atoms with E-state index in [1.165, 1.54) is 7.11 Å². The molecule has 0 spiro atoms. The molecule has 1 amide bonds. The highest BCUT2D eigenvalue weighted by atomic mass is 35.5. The SMILES string of the molecule is COC(=O)CNC(=O)[C@H](C)c1ccc2c(c1)[nH]c1ccc(Cl)cc12. The van der Waals surface area contributed by atoms with E-state index in [1.54, 1.807) is 6.92 Å². The van der Waals surface area contributed by atoms with E-state index in [9.17, 15) is 9.59 Å². The number of H-pyrrole nitrogens is 1. The number of aromatic amines is 1. The fourth-order valence-electron chi connectivity index (χ4n) is 2.70. The van der Waals surface area contributed by atoms with Gasteiger partial charge in [-0.05, 0) is 36.8 Å². The normalized spacial score (nSPS) is 12.3. The van der Waals surface area contributed by atoms with Crippen molar-refractivity contribution in [3.05, 3.63) is 47.0 Å². The van der Waals surface area contributed by atoms with Crippen molar-refractivity contribution in [2.75, 3.05) is 13.7 Å². The maximum Gasteiger partial charge on any atom is 0.325 e. The number of aromatic nitrogens is 1. The molecule has 0 radical (unpaired) electrons. The molecule has 0 aliphatic rings. The van der Waals surface area contributed by atoms with Gasteiger partial charge >= 0.3 is 5.97 Å². The van der Waals surface area contributed by atoms with E-state index in [-0.39, 0.29) is 18.4 Å². The van der Waals surface area contributed by atoms with Crippen LogP contribution in [0.15, 0.2) is 36.4 Å². The number of esters is 1. The second-order valence-electron chi connectivity index (χ2n) is 5.64. The molecule has 1 aromatic heterocycles. The highest BCUT2D eigenvalue weighted by Gasteiger charge is 2.17. The third kappa shape index (κ3) is 3.08. The second-order valence-corrected chi connectivity index (χ2v) is 6.07. The van der Waals surface area contributed by atoms with Crippen molar-refractivity contribution in [1.82, 2.24) is 10.3 Å². The lowest BCUT2D eigenvalue weighted by molar-refractivity contribution is -0.141. The zero-order valence-corrected chi connectivity index (χ0v) is 14.1. The summed E-state index contributed by atoms with van der Waals surface area (Å²) < 4.78 is 4.52. The van der Waals surface area contributed by atoms with Gasteiger partial charge in [-0.1, -0.05) is 23.7 Å². The van der Waals surface area contributed by atoms with E-state index in [4.69, 9.17) is 11.6 Å². The highest BCUT2D eigenvalue weighted by Crippen LogP contribution is 2.30. The Hall–Kier alpha value is -2.53. The quantitative estimate of drug-likeness (QED) is 0.713. The number of hydrogen-bond donors (Lipinski definition) is 2. The summed E-state index contributed by atoms with van der Waals surface area (Å²) in [4.78, 5) is 26.6. The number of benzene rings is 2. The summed E-state index contributed by atoms with van der Waals surface area (Å²) in [6, 6.07) is 11.5. The Kier molecular flexibility index (Phi) is 4.44. The number of nitrogens with one attached hydrogen (secondary N) is 2. The Morgan fingerprint density at radius 3 is 2.71 bits per heavy atom. The first-order chi connectivity index (χ1) is 11.5. The number of ether oxygens (including phenoxy) is 1. The second kappa shape index (κ2) is 6.53. The first-order valence-corrected chi connectivity index (χ1v) is 7.93. The summed E-state index contributed by atoms with van der Waals surface area (Å²) >= 11 is 6.07. The van der Waals surface area contributed by atoms with E-state index in [1.807, 2.05) is 36.4 Å². The average molecular weight is 345 g/mol. The van der Waals surface area contributed by atoms with Gasteiger partial charge in [-0.3, -0.25) is 9.59 Å². The summed E-state index contributed by atoms with van der Waals surface area (Å²) in [5.41, 5.74) is 2.80. The van der Waals surface area contributed by atoms with Crippen molar-refractivity contribution in [2.24, 2.45) is 0 Å². The zero-order chi connectivity index (χ0) is 17.3.